The molecule has 2 rings (SSSR count). The van der Waals surface area contributed by atoms with Gasteiger partial charge in [0.15, 0.2) is 5.78 Å². The summed E-state index contributed by atoms with van der Waals surface area (Å²) in [5.74, 6) is -1.86. The van der Waals surface area contributed by atoms with E-state index in [-0.39, 0.29) is 43.2 Å². The first-order valence-corrected chi connectivity index (χ1v) is 15.4. The molecule has 2 atom stereocenters. The molecule has 4 amide bonds. The molecule has 2 aromatic carbocycles. The standard InChI is InChI=1S/C34H48N4O7/c1-23(2)30(38-33(43)44-22-25-11-7-6-8-12-25)28(39)21-26(14-10-20-36-32(35)42)31(41)37-27-18-16-24(17-19-27)13-9-15-29(40)45-34(3,4)5/h6-8,11-12,16-19,23,26,30H,9-10,13-15,20-22H2,1-5H3,(H,37,41)(H,38,43)(H3,35,36,42)/t26?,30-/m0/s1. The fourth-order valence-electron chi connectivity index (χ4n) is 4.59. The van der Waals surface area contributed by atoms with Crippen LogP contribution in [-0.2, 0) is 36.9 Å². The molecule has 0 aliphatic rings. The minimum absolute atomic E-state index is 0.0616. The van der Waals surface area contributed by atoms with Crippen molar-refractivity contribution < 1.29 is 33.4 Å². The number of ether oxygens (including phenoxy) is 2. The Labute approximate surface area is 266 Å². The van der Waals surface area contributed by atoms with Gasteiger partial charge in [-0.1, -0.05) is 56.3 Å². The number of carbonyl (C=O) groups is 5. The van der Waals surface area contributed by atoms with Gasteiger partial charge in [-0.15, -0.1) is 0 Å². The second-order valence-corrected chi connectivity index (χ2v) is 12.4. The number of nitrogens with one attached hydrogen (secondary N) is 3. The van der Waals surface area contributed by atoms with Crippen LogP contribution in [0.15, 0.2) is 54.6 Å². The van der Waals surface area contributed by atoms with Crippen molar-refractivity contribution in [3.63, 3.8) is 0 Å². The van der Waals surface area contributed by atoms with Gasteiger partial charge in [0.1, 0.15) is 12.2 Å². The van der Waals surface area contributed by atoms with E-state index >= 15 is 0 Å². The molecule has 45 heavy (non-hydrogen) atoms. The van der Waals surface area contributed by atoms with E-state index in [2.05, 4.69) is 16.0 Å². The summed E-state index contributed by atoms with van der Waals surface area (Å²) in [5.41, 5.74) is 7.02. The molecule has 11 heteroatoms. The maximum absolute atomic E-state index is 13.4. The maximum atomic E-state index is 13.4. The van der Waals surface area contributed by atoms with Gasteiger partial charge in [0.05, 0.1) is 6.04 Å². The van der Waals surface area contributed by atoms with Crippen molar-refractivity contribution in [2.45, 2.75) is 91.4 Å². The molecular formula is C34H48N4O7. The molecule has 0 fully saturated rings. The number of aryl methyl sites for hydroxylation is 1. The number of rotatable bonds is 17. The number of urea groups is 1. The largest absolute Gasteiger partial charge is 0.460 e. The molecule has 0 aliphatic carbocycles. The summed E-state index contributed by atoms with van der Waals surface area (Å²) in [5, 5.41) is 8.04. The van der Waals surface area contributed by atoms with E-state index in [0.717, 1.165) is 11.1 Å². The highest BCUT2D eigenvalue weighted by Crippen LogP contribution is 2.20. The third kappa shape index (κ3) is 15.2. The van der Waals surface area contributed by atoms with Gasteiger partial charge in [-0.25, -0.2) is 9.59 Å². The van der Waals surface area contributed by atoms with E-state index in [0.29, 0.717) is 37.8 Å². The van der Waals surface area contributed by atoms with E-state index < -0.39 is 29.7 Å². The number of hydrogen-bond acceptors (Lipinski definition) is 7. The molecule has 246 valence electrons. The molecule has 0 aliphatic heterocycles. The normalized spacial score (nSPS) is 12.5. The highest BCUT2D eigenvalue weighted by atomic mass is 16.6. The average molecular weight is 625 g/mol. The molecule has 1 unspecified atom stereocenters. The van der Waals surface area contributed by atoms with Crippen LogP contribution in [0.2, 0.25) is 0 Å². The molecule has 0 saturated carbocycles. The van der Waals surface area contributed by atoms with Crippen LogP contribution < -0.4 is 21.7 Å². The first-order chi connectivity index (χ1) is 21.2. The predicted octanol–water partition coefficient (Wildman–Crippen LogP) is 5.26. The fourth-order valence-corrected chi connectivity index (χ4v) is 4.59. The Kier molecular flexibility index (Phi) is 15.0. The summed E-state index contributed by atoms with van der Waals surface area (Å²) < 4.78 is 10.6. The summed E-state index contributed by atoms with van der Waals surface area (Å²) >= 11 is 0. The number of alkyl carbamates (subject to hydrolysis) is 1. The number of ketones is 1. The van der Waals surface area contributed by atoms with Gasteiger partial charge in [-0.2, -0.15) is 0 Å². The minimum atomic E-state index is -0.854. The molecule has 5 N–H and O–H groups in total. The predicted molar refractivity (Wildman–Crippen MR) is 172 cm³/mol. The molecule has 0 bridgehead atoms. The number of Topliss-reactive ketones (excluding diaryl/α,β-unsaturated/α-hetero) is 1. The number of benzene rings is 2. The second-order valence-electron chi connectivity index (χ2n) is 12.4. The van der Waals surface area contributed by atoms with Crippen molar-refractivity contribution in [3.8, 4) is 0 Å². The highest BCUT2D eigenvalue weighted by molar-refractivity contribution is 5.97. The van der Waals surface area contributed by atoms with Gasteiger partial charge < -0.3 is 31.2 Å². The SMILES string of the molecule is CC(C)[C@H](NC(=O)OCc1ccccc1)C(=O)CC(CCCNC(N)=O)C(=O)Nc1ccc(CCCC(=O)OC(C)(C)C)cc1. The third-order valence-corrected chi connectivity index (χ3v) is 6.83. The summed E-state index contributed by atoms with van der Waals surface area (Å²) in [6, 6.07) is 15.0. The summed E-state index contributed by atoms with van der Waals surface area (Å²) in [4.78, 5) is 62.3. The van der Waals surface area contributed by atoms with Gasteiger partial charge in [0.2, 0.25) is 5.91 Å². The van der Waals surface area contributed by atoms with Crippen LogP contribution in [0.4, 0.5) is 15.3 Å². The van der Waals surface area contributed by atoms with Gasteiger partial charge in [-0.3, -0.25) is 14.4 Å². The van der Waals surface area contributed by atoms with Gasteiger partial charge in [-0.05, 0) is 75.6 Å². The Bertz CT molecular complexity index is 1260. The topological polar surface area (TPSA) is 166 Å². The fraction of sp³-hybridized carbons (Fsp3) is 0.500. The van der Waals surface area contributed by atoms with Crippen LogP contribution in [0.3, 0.4) is 0 Å². The lowest BCUT2D eigenvalue weighted by atomic mass is 9.89. The number of carbonyl (C=O) groups excluding carboxylic acids is 5. The molecule has 0 aromatic heterocycles. The Morgan fingerprint density at radius 3 is 2.16 bits per heavy atom. The highest BCUT2D eigenvalue weighted by Gasteiger charge is 2.30. The molecule has 0 spiro atoms. The van der Waals surface area contributed by atoms with Gasteiger partial charge in [0.25, 0.3) is 0 Å². The van der Waals surface area contributed by atoms with Crippen LogP contribution >= 0.6 is 0 Å². The third-order valence-electron chi connectivity index (χ3n) is 6.83. The number of amides is 4. The molecule has 0 radical (unpaired) electrons. The van der Waals surface area contributed by atoms with Crippen molar-refractivity contribution in [3.05, 3.63) is 65.7 Å². The zero-order valence-electron chi connectivity index (χ0n) is 27.0. The van der Waals surface area contributed by atoms with E-state index in [9.17, 15) is 24.0 Å². The first-order valence-electron chi connectivity index (χ1n) is 15.4. The molecule has 0 heterocycles. The number of esters is 1. The zero-order valence-corrected chi connectivity index (χ0v) is 27.0. The van der Waals surface area contributed by atoms with E-state index in [1.807, 2.05) is 63.2 Å². The van der Waals surface area contributed by atoms with Crippen molar-refractivity contribution in [1.82, 2.24) is 10.6 Å². The second kappa shape index (κ2) is 18.4. The summed E-state index contributed by atoms with van der Waals surface area (Å²) in [6.45, 7) is 9.43. The number of primary amides is 1. The minimum Gasteiger partial charge on any atom is -0.460 e. The quantitative estimate of drug-likeness (QED) is 0.138. The van der Waals surface area contributed by atoms with E-state index in [1.54, 1.807) is 26.0 Å². The van der Waals surface area contributed by atoms with Crippen LogP contribution in [-0.4, -0.2) is 48.0 Å². The Balaban J connectivity index is 2.00. The molecule has 2 aromatic rings. The van der Waals surface area contributed by atoms with Crippen molar-refractivity contribution in [2.24, 2.45) is 17.6 Å². The molecular weight excluding hydrogens is 576 g/mol. The van der Waals surface area contributed by atoms with Crippen LogP contribution in [0, 0.1) is 11.8 Å². The lowest BCUT2D eigenvalue weighted by Crippen LogP contribution is -2.45. The Morgan fingerprint density at radius 2 is 1.56 bits per heavy atom. The molecule has 0 saturated heterocycles. The van der Waals surface area contributed by atoms with Crippen molar-refractivity contribution in [1.29, 1.82) is 0 Å². The maximum Gasteiger partial charge on any atom is 0.408 e. The van der Waals surface area contributed by atoms with Crippen molar-refractivity contribution >= 4 is 35.5 Å². The Hall–Kier alpha value is -4.41. The lowest BCUT2D eigenvalue weighted by Gasteiger charge is -2.24. The zero-order chi connectivity index (χ0) is 33.4. The Morgan fingerprint density at radius 1 is 0.889 bits per heavy atom. The van der Waals surface area contributed by atoms with Crippen LogP contribution in [0.25, 0.3) is 0 Å². The smallest absolute Gasteiger partial charge is 0.408 e. The average Bonchev–Trinajstić information content (AvgIpc) is 2.96. The van der Waals surface area contributed by atoms with Crippen molar-refractivity contribution in [2.75, 3.05) is 11.9 Å². The number of nitrogens with two attached hydrogens (primary N) is 1. The van der Waals surface area contributed by atoms with Gasteiger partial charge in [0, 0.05) is 31.0 Å². The van der Waals surface area contributed by atoms with Crippen LogP contribution in [0.1, 0.15) is 77.8 Å². The van der Waals surface area contributed by atoms with E-state index in [4.69, 9.17) is 15.2 Å². The summed E-state index contributed by atoms with van der Waals surface area (Å²) in [6.07, 6.45) is 1.51. The van der Waals surface area contributed by atoms with Gasteiger partial charge >= 0.3 is 18.1 Å². The lowest BCUT2D eigenvalue weighted by molar-refractivity contribution is -0.154. The summed E-state index contributed by atoms with van der Waals surface area (Å²) in [7, 11) is 0. The van der Waals surface area contributed by atoms with E-state index in [1.165, 1.54) is 0 Å². The first kappa shape index (κ1) is 36.8. The van der Waals surface area contributed by atoms with Crippen LogP contribution in [0.5, 0.6) is 0 Å². The number of hydrogen-bond donors (Lipinski definition) is 4. The molecule has 11 nitrogen and oxygen atoms in total. The number of anilines is 1. The monoisotopic (exact) mass is 624 g/mol.